The average molecular weight is 322 g/mol. The first-order chi connectivity index (χ1) is 10.9. The summed E-state index contributed by atoms with van der Waals surface area (Å²) in [4.78, 5) is 18.0. The molecule has 0 unspecified atom stereocenters. The number of amides is 1. The van der Waals surface area contributed by atoms with Gasteiger partial charge in [0.2, 0.25) is 0 Å². The molecule has 1 aromatic rings. The molecule has 0 bridgehead atoms. The minimum Gasteiger partial charge on any atom is -0.444 e. The molecule has 1 aromatic heterocycles. The molecule has 0 saturated carbocycles. The zero-order valence-electron chi connectivity index (χ0n) is 14.1. The van der Waals surface area contributed by atoms with Gasteiger partial charge in [-0.15, -0.1) is 0 Å². The number of pyridine rings is 1. The predicted molar refractivity (Wildman–Crippen MR) is 85.8 cm³/mol. The van der Waals surface area contributed by atoms with Crippen molar-refractivity contribution in [2.45, 2.75) is 58.5 Å². The number of aliphatic hydroxyl groups excluding tert-OH is 1. The second kappa shape index (κ2) is 7.75. The quantitative estimate of drug-likeness (QED) is 0.922. The fraction of sp³-hybridized carbons (Fsp3) is 0.647. The van der Waals surface area contributed by atoms with E-state index in [9.17, 15) is 4.79 Å². The summed E-state index contributed by atoms with van der Waals surface area (Å²) in [6.07, 6.45) is 1.44. The molecule has 1 aliphatic heterocycles. The molecule has 128 valence electrons. The van der Waals surface area contributed by atoms with E-state index >= 15 is 0 Å². The Morgan fingerprint density at radius 1 is 1.30 bits per heavy atom. The summed E-state index contributed by atoms with van der Waals surface area (Å²) in [6, 6.07) is 5.53. The van der Waals surface area contributed by atoms with E-state index in [-0.39, 0.29) is 18.8 Å². The Balaban J connectivity index is 1.75. The van der Waals surface area contributed by atoms with Crippen LogP contribution in [-0.4, -0.2) is 45.9 Å². The maximum atomic E-state index is 12.0. The number of likely N-dealkylation sites (tertiary alicyclic amines) is 1. The molecule has 0 spiro atoms. The highest BCUT2D eigenvalue weighted by Crippen LogP contribution is 2.18. The van der Waals surface area contributed by atoms with Crippen LogP contribution < -0.4 is 0 Å². The van der Waals surface area contributed by atoms with Crippen LogP contribution in [-0.2, 0) is 22.7 Å². The van der Waals surface area contributed by atoms with E-state index < -0.39 is 5.60 Å². The third-order valence-electron chi connectivity index (χ3n) is 3.59. The molecule has 2 heterocycles. The minimum atomic E-state index is -0.464. The standard InChI is InChI=1S/C17H26N2O4/c1-17(2,3)23-16(21)19-9-7-15(8-10-19)22-12-14-6-4-5-13(11-20)18-14/h4-6,15,20H,7-12H2,1-3H3. The molecule has 6 heteroatoms. The Labute approximate surface area is 137 Å². The molecular formula is C17H26N2O4. The number of aromatic nitrogens is 1. The number of piperidine rings is 1. The first-order valence-electron chi connectivity index (χ1n) is 8.02. The molecule has 0 aromatic carbocycles. The van der Waals surface area contributed by atoms with Crippen molar-refractivity contribution in [2.75, 3.05) is 13.1 Å². The number of carbonyl (C=O) groups excluding carboxylic acids is 1. The van der Waals surface area contributed by atoms with E-state index in [0.29, 0.717) is 25.4 Å². The van der Waals surface area contributed by atoms with Gasteiger partial charge < -0.3 is 19.5 Å². The predicted octanol–water partition coefficient (Wildman–Crippen LogP) is 2.49. The molecule has 1 N–H and O–H groups in total. The highest BCUT2D eigenvalue weighted by molar-refractivity contribution is 5.68. The third-order valence-corrected chi connectivity index (χ3v) is 3.59. The first-order valence-corrected chi connectivity index (χ1v) is 8.02. The lowest BCUT2D eigenvalue weighted by atomic mass is 10.1. The minimum absolute atomic E-state index is 0.0673. The maximum Gasteiger partial charge on any atom is 0.410 e. The normalized spacial score (nSPS) is 16.4. The monoisotopic (exact) mass is 322 g/mol. The van der Waals surface area contributed by atoms with Crippen LogP contribution in [0.5, 0.6) is 0 Å². The lowest BCUT2D eigenvalue weighted by Crippen LogP contribution is -2.43. The number of hydrogen-bond acceptors (Lipinski definition) is 5. The maximum absolute atomic E-state index is 12.0. The molecule has 1 aliphatic rings. The molecule has 0 atom stereocenters. The molecule has 23 heavy (non-hydrogen) atoms. The van der Waals surface area contributed by atoms with Gasteiger partial charge in [0.25, 0.3) is 0 Å². The van der Waals surface area contributed by atoms with Gasteiger partial charge >= 0.3 is 6.09 Å². The summed E-state index contributed by atoms with van der Waals surface area (Å²) >= 11 is 0. The Kier molecular flexibility index (Phi) is 5.96. The fourth-order valence-electron chi connectivity index (χ4n) is 2.43. The first kappa shape index (κ1) is 17.7. The van der Waals surface area contributed by atoms with Crippen LogP contribution in [0, 0.1) is 0 Å². The lowest BCUT2D eigenvalue weighted by Gasteiger charge is -2.33. The number of ether oxygens (including phenoxy) is 2. The van der Waals surface area contributed by atoms with Gasteiger partial charge in [-0.25, -0.2) is 4.79 Å². The van der Waals surface area contributed by atoms with Gasteiger partial charge in [-0.05, 0) is 45.7 Å². The zero-order chi connectivity index (χ0) is 16.9. The van der Waals surface area contributed by atoms with E-state index in [1.54, 1.807) is 11.0 Å². The van der Waals surface area contributed by atoms with Crippen molar-refractivity contribution < 1.29 is 19.4 Å². The van der Waals surface area contributed by atoms with Crippen molar-refractivity contribution >= 4 is 6.09 Å². The van der Waals surface area contributed by atoms with E-state index in [4.69, 9.17) is 14.6 Å². The van der Waals surface area contributed by atoms with E-state index in [0.717, 1.165) is 18.5 Å². The molecule has 1 fully saturated rings. The summed E-state index contributed by atoms with van der Waals surface area (Å²) < 4.78 is 11.3. The van der Waals surface area contributed by atoms with E-state index in [2.05, 4.69) is 4.98 Å². The molecule has 0 radical (unpaired) electrons. The number of hydrogen-bond donors (Lipinski definition) is 1. The Hall–Kier alpha value is -1.66. The summed E-state index contributed by atoms with van der Waals surface area (Å²) in [5, 5.41) is 9.09. The largest absolute Gasteiger partial charge is 0.444 e. The topological polar surface area (TPSA) is 71.9 Å². The van der Waals surface area contributed by atoms with Crippen molar-refractivity contribution in [3.63, 3.8) is 0 Å². The number of rotatable bonds is 4. The van der Waals surface area contributed by atoms with Gasteiger partial charge in [-0.1, -0.05) is 6.07 Å². The van der Waals surface area contributed by atoms with Gasteiger partial charge in [0.1, 0.15) is 5.60 Å². The molecule has 0 aliphatic carbocycles. The second-order valence-electron chi connectivity index (χ2n) is 6.76. The van der Waals surface area contributed by atoms with Crippen molar-refractivity contribution in [3.8, 4) is 0 Å². The SMILES string of the molecule is CC(C)(C)OC(=O)N1CCC(OCc2cccc(CO)n2)CC1. The van der Waals surface area contributed by atoms with Gasteiger partial charge in [0, 0.05) is 13.1 Å². The zero-order valence-corrected chi connectivity index (χ0v) is 14.1. The van der Waals surface area contributed by atoms with Crippen molar-refractivity contribution in [1.29, 1.82) is 0 Å². The van der Waals surface area contributed by atoms with Crippen LogP contribution in [0.2, 0.25) is 0 Å². The van der Waals surface area contributed by atoms with Crippen LogP contribution in [0.15, 0.2) is 18.2 Å². The molecule has 2 rings (SSSR count). The van der Waals surface area contributed by atoms with Gasteiger partial charge in [0.05, 0.1) is 30.7 Å². The van der Waals surface area contributed by atoms with Crippen LogP contribution in [0.25, 0.3) is 0 Å². The molecule has 6 nitrogen and oxygen atoms in total. The van der Waals surface area contributed by atoms with Crippen LogP contribution in [0.4, 0.5) is 4.79 Å². The van der Waals surface area contributed by atoms with E-state index in [1.807, 2.05) is 32.9 Å². The van der Waals surface area contributed by atoms with E-state index in [1.165, 1.54) is 0 Å². The molecular weight excluding hydrogens is 296 g/mol. The fourth-order valence-corrected chi connectivity index (χ4v) is 2.43. The highest BCUT2D eigenvalue weighted by Gasteiger charge is 2.27. The highest BCUT2D eigenvalue weighted by atomic mass is 16.6. The van der Waals surface area contributed by atoms with Gasteiger partial charge in [-0.3, -0.25) is 4.98 Å². The van der Waals surface area contributed by atoms with Crippen LogP contribution in [0.1, 0.15) is 45.0 Å². The van der Waals surface area contributed by atoms with Crippen molar-refractivity contribution in [2.24, 2.45) is 0 Å². The van der Waals surface area contributed by atoms with Gasteiger partial charge in [0.15, 0.2) is 0 Å². The van der Waals surface area contributed by atoms with Gasteiger partial charge in [-0.2, -0.15) is 0 Å². The number of nitrogens with zero attached hydrogens (tertiary/aromatic N) is 2. The summed E-state index contributed by atoms with van der Waals surface area (Å²) in [6.45, 7) is 7.25. The average Bonchev–Trinajstić information content (AvgIpc) is 2.52. The second-order valence-corrected chi connectivity index (χ2v) is 6.76. The Morgan fingerprint density at radius 2 is 1.96 bits per heavy atom. The number of carbonyl (C=O) groups is 1. The summed E-state index contributed by atoms with van der Waals surface area (Å²) in [7, 11) is 0. The van der Waals surface area contributed by atoms with Crippen molar-refractivity contribution in [3.05, 3.63) is 29.6 Å². The molecule has 1 amide bonds. The lowest BCUT2D eigenvalue weighted by molar-refractivity contribution is -0.0178. The number of aliphatic hydroxyl groups is 1. The summed E-state index contributed by atoms with van der Waals surface area (Å²) in [5.41, 5.74) is 0.991. The third kappa shape index (κ3) is 5.80. The smallest absolute Gasteiger partial charge is 0.410 e. The molecule has 1 saturated heterocycles. The Bertz CT molecular complexity index is 520. The van der Waals surface area contributed by atoms with Crippen LogP contribution in [0.3, 0.4) is 0 Å². The van der Waals surface area contributed by atoms with Crippen LogP contribution >= 0.6 is 0 Å². The Morgan fingerprint density at radius 3 is 2.57 bits per heavy atom. The van der Waals surface area contributed by atoms with Crippen molar-refractivity contribution in [1.82, 2.24) is 9.88 Å². The summed E-state index contributed by atoms with van der Waals surface area (Å²) in [5.74, 6) is 0.